The average Bonchev–Trinajstić information content (AvgIpc) is 2.31. The lowest BCUT2D eigenvalue weighted by Gasteiger charge is -2.26. The zero-order valence-electron chi connectivity index (χ0n) is 9.58. The van der Waals surface area contributed by atoms with Crippen molar-refractivity contribution in [2.75, 3.05) is 11.5 Å². The van der Waals surface area contributed by atoms with Gasteiger partial charge in [0.25, 0.3) is 0 Å². The van der Waals surface area contributed by atoms with Crippen molar-refractivity contribution in [2.24, 2.45) is 0 Å². The van der Waals surface area contributed by atoms with Gasteiger partial charge < -0.3 is 5.32 Å². The lowest BCUT2D eigenvalue weighted by Crippen LogP contribution is -2.34. The van der Waals surface area contributed by atoms with E-state index in [1.54, 1.807) is 0 Å². The van der Waals surface area contributed by atoms with Crippen LogP contribution >= 0.6 is 23.4 Å². The third kappa shape index (κ3) is 3.41. The van der Waals surface area contributed by atoms with Crippen molar-refractivity contribution in [3.05, 3.63) is 34.9 Å². The van der Waals surface area contributed by atoms with Crippen molar-refractivity contribution in [2.45, 2.75) is 31.8 Å². The SMILES string of the molecule is C[C@@H](NC1CCSCC1)c1ccc(Cl)cc1. The van der Waals surface area contributed by atoms with Gasteiger partial charge in [-0.2, -0.15) is 11.8 Å². The number of rotatable bonds is 3. The lowest BCUT2D eigenvalue weighted by atomic mass is 10.1. The summed E-state index contributed by atoms with van der Waals surface area (Å²) in [5.74, 6) is 2.59. The van der Waals surface area contributed by atoms with E-state index in [1.807, 2.05) is 12.1 Å². The molecule has 2 rings (SSSR count). The molecule has 1 aliphatic heterocycles. The molecule has 1 nitrogen and oxygen atoms in total. The summed E-state index contributed by atoms with van der Waals surface area (Å²) in [7, 11) is 0. The number of hydrogen-bond donors (Lipinski definition) is 1. The van der Waals surface area contributed by atoms with Crippen LogP contribution in [0.1, 0.15) is 31.4 Å². The molecule has 0 aliphatic carbocycles. The maximum absolute atomic E-state index is 5.89. The van der Waals surface area contributed by atoms with Gasteiger partial charge in [0.05, 0.1) is 0 Å². The van der Waals surface area contributed by atoms with E-state index in [9.17, 15) is 0 Å². The van der Waals surface area contributed by atoms with Gasteiger partial charge in [-0.3, -0.25) is 0 Å². The highest BCUT2D eigenvalue weighted by atomic mass is 35.5. The summed E-state index contributed by atoms with van der Waals surface area (Å²) in [6.07, 6.45) is 2.59. The summed E-state index contributed by atoms with van der Waals surface area (Å²) in [5.41, 5.74) is 1.32. The number of nitrogens with one attached hydrogen (secondary N) is 1. The summed E-state index contributed by atoms with van der Waals surface area (Å²) in [6.45, 7) is 2.23. The second-order valence-electron chi connectivity index (χ2n) is 4.33. The van der Waals surface area contributed by atoms with Crippen molar-refractivity contribution in [3.63, 3.8) is 0 Å². The first-order valence-corrected chi connectivity index (χ1v) is 7.38. The van der Waals surface area contributed by atoms with Gasteiger partial charge in [0.15, 0.2) is 0 Å². The van der Waals surface area contributed by atoms with Gasteiger partial charge in [0.2, 0.25) is 0 Å². The molecule has 0 spiro atoms. The largest absolute Gasteiger partial charge is 0.307 e. The molecule has 1 heterocycles. The van der Waals surface area contributed by atoms with Crippen molar-refractivity contribution >= 4 is 23.4 Å². The fourth-order valence-corrected chi connectivity index (χ4v) is 3.30. The maximum atomic E-state index is 5.89. The van der Waals surface area contributed by atoms with Crippen LogP contribution in [0.15, 0.2) is 24.3 Å². The Bertz CT molecular complexity index is 319. The molecule has 1 aliphatic rings. The second-order valence-corrected chi connectivity index (χ2v) is 5.99. The highest BCUT2D eigenvalue weighted by Gasteiger charge is 2.16. The Hall–Kier alpha value is -0.180. The van der Waals surface area contributed by atoms with Crippen LogP contribution in [0, 0.1) is 0 Å². The number of thioether (sulfide) groups is 1. The second kappa shape index (κ2) is 5.95. The van der Waals surface area contributed by atoms with E-state index < -0.39 is 0 Å². The molecule has 1 N–H and O–H groups in total. The van der Waals surface area contributed by atoms with Crippen molar-refractivity contribution in [1.82, 2.24) is 5.32 Å². The van der Waals surface area contributed by atoms with E-state index in [0.29, 0.717) is 12.1 Å². The highest BCUT2D eigenvalue weighted by Crippen LogP contribution is 2.21. The fraction of sp³-hybridized carbons (Fsp3) is 0.538. The molecule has 1 atom stereocenters. The minimum atomic E-state index is 0.422. The molecule has 0 amide bonds. The smallest absolute Gasteiger partial charge is 0.0406 e. The topological polar surface area (TPSA) is 12.0 Å². The van der Waals surface area contributed by atoms with Gasteiger partial charge in [0.1, 0.15) is 0 Å². The van der Waals surface area contributed by atoms with Gasteiger partial charge in [-0.1, -0.05) is 23.7 Å². The Balaban J connectivity index is 1.91. The average molecular weight is 256 g/mol. The van der Waals surface area contributed by atoms with E-state index in [4.69, 9.17) is 11.6 Å². The quantitative estimate of drug-likeness (QED) is 0.880. The fourth-order valence-electron chi connectivity index (χ4n) is 2.07. The van der Waals surface area contributed by atoms with Crippen LogP contribution in [0.3, 0.4) is 0 Å². The molecule has 1 aromatic rings. The predicted octanol–water partition coefficient (Wildman–Crippen LogP) is 3.89. The summed E-state index contributed by atoms with van der Waals surface area (Å²) >= 11 is 7.95. The Morgan fingerprint density at radius 2 is 1.88 bits per heavy atom. The van der Waals surface area contributed by atoms with E-state index >= 15 is 0 Å². The standard InChI is InChI=1S/C13H18ClNS/c1-10(11-2-4-12(14)5-3-11)15-13-6-8-16-9-7-13/h2-5,10,13,15H,6-9H2,1H3/t10-/m1/s1. The number of hydrogen-bond acceptors (Lipinski definition) is 2. The zero-order chi connectivity index (χ0) is 11.4. The molecule has 0 aromatic heterocycles. The molecule has 16 heavy (non-hydrogen) atoms. The van der Waals surface area contributed by atoms with Crippen molar-refractivity contribution in [3.8, 4) is 0 Å². The van der Waals surface area contributed by atoms with Crippen LogP contribution in [-0.2, 0) is 0 Å². The Kier molecular flexibility index (Phi) is 4.56. The van der Waals surface area contributed by atoms with Gasteiger partial charge in [0, 0.05) is 17.1 Å². The lowest BCUT2D eigenvalue weighted by molar-refractivity contribution is 0.431. The molecule has 0 saturated carbocycles. The monoisotopic (exact) mass is 255 g/mol. The summed E-state index contributed by atoms with van der Waals surface area (Å²) < 4.78 is 0. The Morgan fingerprint density at radius 3 is 2.50 bits per heavy atom. The summed E-state index contributed by atoms with van der Waals surface area (Å²) in [4.78, 5) is 0. The maximum Gasteiger partial charge on any atom is 0.0406 e. The van der Waals surface area contributed by atoms with Crippen LogP contribution in [0.5, 0.6) is 0 Å². The first-order chi connectivity index (χ1) is 7.75. The molecule has 0 radical (unpaired) electrons. The molecule has 0 bridgehead atoms. The minimum absolute atomic E-state index is 0.422. The number of benzene rings is 1. The van der Waals surface area contributed by atoms with E-state index in [-0.39, 0.29) is 0 Å². The summed E-state index contributed by atoms with van der Waals surface area (Å²) in [5, 5.41) is 4.51. The van der Waals surface area contributed by atoms with Crippen LogP contribution in [-0.4, -0.2) is 17.5 Å². The molecule has 3 heteroatoms. The normalized spacial score (nSPS) is 19.6. The first-order valence-electron chi connectivity index (χ1n) is 5.85. The molecule has 1 aromatic carbocycles. The van der Waals surface area contributed by atoms with Gasteiger partial charge in [-0.05, 0) is 49.0 Å². The molecule has 0 unspecified atom stereocenters. The van der Waals surface area contributed by atoms with Crippen molar-refractivity contribution < 1.29 is 0 Å². The third-order valence-electron chi connectivity index (χ3n) is 3.08. The molecular formula is C13H18ClNS. The van der Waals surface area contributed by atoms with Gasteiger partial charge in [-0.15, -0.1) is 0 Å². The minimum Gasteiger partial charge on any atom is -0.307 e. The Labute approximate surface area is 107 Å². The van der Waals surface area contributed by atoms with E-state index in [1.165, 1.54) is 29.9 Å². The summed E-state index contributed by atoms with van der Waals surface area (Å²) in [6, 6.07) is 9.25. The highest BCUT2D eigenvalue weighted by molar-refractivity contribution is 7.99. The van der Waals surface area contributed by atoms with Crippen LogP contribution in [0.4, 0.5) is 0 Å². The predicted molar refractivity (Wildman–Crippen MR) is 73.3 cm³/mol. The molecule has 1 saturated heterocycles. The van der Waals surface area contributed by atoms with Gasteiger partial charge >= 0.3 is 0 Å². The first kappa shape index (κ1) is 12.3. The van der Waals surface area contributed by atoms with Crippen molar-refractivity contribution in [1.29, 1.82) is 0 Å². The van der Waals surface area contributed by atoms with Crippen LogP contribution in [0.25, 0.3) is 0 Å². The van der Waals surface area contributed by atoms with Crippen LogP contribution in [0.2, 0.25) is 5.02 Å². The van der Waals surface area contributed by atoms with Gasteiger partial charge in [-0.25, -0.2) is 0 Å². The zero-order valence-corrected chi connectivity index (χ0v) is 11.2. The Morgan fingerprint density at radius 1 is 1.25 bits per heavy atom. The number of halogens is 1. The molecule has 88 valence electrons. The van der Waals surface area contributed by atoms with E-state index in [0.717, 1.165) is 5.02 Å². The van der Waals surface area contributed by atoms with Crippen LogP contribution < -0.4 is 5.32 Å². The molecular weight excluding hydrogens is 238 g/mol. The molecule has 1 fully saturated rings. The third-order valence-corrected chi connectivity index (χ3v) is 4.38. The van der Waals surface area contributed by atoms with E-state index in [2.05, 4.69) is 36.1 Å².